The smallest absolute Gasteiger partial charge is 0.329 e. The fourth-order valence-corrected chi connectivity index (χ4v) is 2.63. The van der Waals surface area contributed by atoms with E-state index in [4.69, 9.17) is 16.3 Å². The van der Waals surface area contributed by atoms with E-state index in [1.807, 2.05) is 19.1 Å². The van der Waals surface area contributed by atoms with Crippen molar-refractivity contribution in [2.24, 2.45) is 5.92 Å². The molecule has 7 heteroatoms. The molecule has 0 aromatic heterocycles. The van der Waals surface area contributed by atoms with Crippen molar-refractivity contribution in [2.75, 3.05) is 11.9 Å². The number of esters is 1. The third-order valence-electron chi connectivity index (χ3n) is 4.07. The SMILES string of the molecule is Cc1ccccc1C(=O)N[C@H](C(=O)OCC(=O)Nc1ccc(Cl)cc1)C(C)C. The number of halogens is 1. The highest BCUT2D eigenvalue weighted by molar-refractivity contribution is 6.30. The Labute approximate surface area is 169 Å². The summed E-state index contributed by atoms with van der Waals surface area (Å²) in [6, 6.07) is 12.8. The molecule has 0 aliphatic heterocycles. The van der Waals surface area contributed by atoms with Gasteiger partial charge in [-0.25, -0.2) is 4.79 Å². The number of carbonyl (C=O) groups is 3. The van der Waals surface area contributed by atoms with Gasteiger partial charge in [0.2, 0.25) is 0 Å². The molecule has 1 atom stereocenters. The molecule has 0 heterocycles. The summed E-state index contributed by atoms with van der Waals surface area (Å²) in [6.07, 6.45) is 0. The first-order chi connectivity index (χ1) is 13.3. The summed E-state index contributed by atoms with van der Waals surface area (Å²) in [5, 5.41) is 5.85. The van der Waals surface area contributed by atoms with Crippen LogP contribution in [0, 0.1) is 12.8 Å². The van der Waals surface area contributed by atoms with E-state index in [0.717, 1.165) is 5.56 Å². The van der Waals surface area contributed by atoms with E-state index in [-0.39, 0.29) is 11.8 Å². The number of nitrogens with one attached hydrogen (secondary N) is 2. The third-order valence-corrected chi connectivity index (χ3v) is 4.32. The Morgan fingerprint density at radius 2 is 1.68 bits per heavy atom. The summed E-state index contributed by atoms with van der Waals surface area (Å²) < 4.78 is 5.10. The van der Waals surface area contributed by atoms with E-state index in [0.29, 0.717) is 16.3 Å². The molecule has 0 radical (unpaired) electrons. The van der Waals surface area contributed by atoms with Gasteiger partial charge in [0.05, 0.1) is 0 Å². The molecule has 0 saturated heterocycles. The number of hydrogen-bond acceptors (Lipinski definition) is 4. The fraction of sp³-hybridized carbons (Fsp3) is 0.286. The molecule has 148 valence electrons. The average Bonchev–Trinajstić information content (AvgIpc) is 2.66. The van der Waals surface area contributed by atoms with Gasteiger partial charge in [0.15, 0.2) is 6.61 Å². The predicted molar refractivity (Wildman–Crippen MR) is 108 cm³/mol. The summed E-state index contributed by atoms with van der Waals surface area (Å²) in [6.45, 7) is 4.94. The topological polar surface area (TPSA) is 84.5 Å². The molecule has 0 aliphatic carbocycles. The number of hydrogen-bond donors (Lipinski definition) is 2. The second kappa shape index (κ2) is 9.90. The maximum absolute atomic E-state index is 12.5. The van der Waals surface area contributed by atoms with Gasteiger partial charge in [0, 0.05) is 16.3 Å². The minimum absolute atomic E-state index is 0.209. The van der Waals surface area contributed by atoms with Crippen molar-refractivity contribution < 1.29 is 19.1 Å². The molecule has 0 bridgehead atoms. The summed E-state index contributed by atoms with van der Waals surface area (Å²) in [4.78, 5) is 36.9. The van der Waals surface area contributed by atoms with E-state index in [1.165, 1.54) is 0 Å². The molecule has 0 unspecified atom stereocenters. The van der Waals surface area contributed by atoms with Crippen LogP contribution in [0.5, 0.6) is 0 Å². The minimum atomic E-state index is -0.865. The summed E-state index contributed by atoms with van der Waals surface area (Å²) in [5.41, 5.74) is 1.83. The third kappa shape index (κ3) is 6.09. The average molecular weight is 403 g/mol. The van der Waals surface area contributed by atoms with E-state index < -0.39 is 24.5 Å². The van der Waals surface area contributed by atoms with E-state index in [1.54, 1.807) is 50.2 Å². The van der Waals surface area contributed by atoms with Crippen LogP contribution in [-0.4, -0.2) is 30.4 Å². The number of ether oxygens (including phenoxy) is 1. The zero-order valence-corrected chi connectivity index (χ0v) is 16.7. The molecule has 0 spiro atoms. The first kappa shape index (κ1) is 21.4. The van der Waals surface area contributed by atoms with Gasteiger partial charge < -0.3 is 15.4 Å². The van der Waals surface area contributed by atoms with Gasteiger partial charge in [-0.15, -0.1) is 0 Å². The number of carbonyl (C=O) groups excluding carboxylic acids is 3. The number of anilines is 1. The van der Waals surface area contributed by atoms with E-state index in [9.17, 15) is 14.4 Å². The van der Waals surface area contributed by atoms with Crippen LogP contribution in [-0.2, 0) is 14.3 Å². The second-order valence-corrected chi connectivity index (χ2v) is 7.11. The Bertz CT molecular complexity index is 850. The molecule has 0 fully saturated rings. The normalized spacial score (nSPS) is 11.6. The van der Waals surface area contributed by atoms with Crippen molar-refractivity contribution in [1.29, 1.82) is 0 Å². The maximum Gasteiger partial charge on any atom is 0.329 e. The molecule has 0 aliphatic rings. The lowest BCUT2D eigenvalue weighted by molar-refractivity contribution is -0.150. The van der Waals surface area contributed by atoms with E-state index in [2.05, 4.69) is 10.6 Å². The summed E-state index contributed by atoms with van der Waals surface area (Å²) in [5.74, 6) is -1.72. The Morgan fingerprint density at radius 3 is 2.29 bits per heavy atom. The lowest BCUT2D eigenvalue weighted by Crippen LogP contribution is -2.46. The van der Waals surface area contributed by atoms with Crippen LogP contribution in [0.25, 0.3) is 0 Å². The minimum Gasteiger partial charge on any atom is -0.454 e. The zero-order chi connectivity index (χ0) is 20.7. The summed E-state index contributed by atoms with van der Waals surface area (Å²) >= 11 is 5.79. The van der Waals surface area contributed by atoms with Gasteiger partial charge in [-0.2, -0.15) is 0 Å². The standard InChI is InChI=1S/C21H23ClN2O4/c1-13(2)19(24-20(26)17-7-5-4-6-14(17)3)21(27)28-12-18(25)23-16-10-8-15(22)9-11-16/h4-11,13,19H,12H2,1-3H3,(H,23,25)(H,24,26)/t19-/m0/s1. The highest BCUT2D eigenvalue weighted by atomic mass is 35.5. The molecule has 0 saturated carbocycles. The first-order valence-electron chi connectivity index (χ1n) is 8.86. The predicted octanol–water partition coefficient (Wildman–Crippen LogP) is 3.58. The van der Waals surface area contributed by atoms with Gasteiger partial charge in [0.25, 0.3) is 11.8 Å². The first-order valence-corrected chi connectivity index (χ1v) is 9.24. The molecule has 2 N–H and O–H groups in total. The van der Waals surface area contributed by atoms with Gasteiger partial charge in [0.1, 0.15) is 6.04 Å². The van der Waals surface area contributed by atoms with Gasteiger partial charge in [-0.3, -0.25) is 9.59 Å². The van der Waals surface area contributed by atoms with Gasteiger partial charge in [-0.05, 0) is 48.7 Å². The Hall–Kier alpha value is -2.86. The Balaban J connectivity index is 1.93. The number of rotatable bonds is 7. The van der Waals surface area contributed by atoms with Crippen LogP contribution >= 0.6 is 11.6 Å². The Morgan fingerprint density at radius 1 is 1.04 bits per heavy atom. The van der Waals surface area contributed by atoms with Crippen LogP contribution in [0.4, 0.5) is 5.69 Å². The number of benzene rings is 2. The monoisotopic (exact) mass is 402 g/mol. The van der Waals surface area contributed by atoms with Crippen molar-refractivity contribution >= 4 is 35.1 Å². The molecular weight excluding hydrogens is 380 g/mol. The molecule has 2 aromatic rings. The second-order valence-electron chi connectivity index (χ2n) is 6.67. The number of amides is 2. The molecule has 2 amide bonds. The highest BCUT2D eigenvalue weighted by Gasteiger charge is 2.27. The van der Waals surface area contributed by atoms with Crippen molar-refractivity contribution in [3.8, 4) is 0 Å². The molecular formula is C21H23ClN2O4. The van der Waals surface area contributed by atoms with E-state index >= 15 is 0 Å². The molecule has 2 rings (SSSR count). The number of aryl methyl sites for hydroxylation is 1. The zero-order valence-electron chi connectivity index (χ0n) is 16.0. The van der Waals surface area contributed by atoms with Gasteiger partial charge in [-0.1, -0.05) is 43.6 Å². The maximum atomic E-state index is 12.5. The fourth-order valence-electron chi connectivity index (χ4n) is 2.50. The quantitative estimate of drug-likeness (QED) is 0.693. The Kier molecular flexibility index (Phi) is 7.58. The lowest BCUT2D eigenvalue weighted by Gasteiger charge is -2.21. The lowest BCUT2D eigenvalue weighted by atomic mass is 10.0. The van der Waals surface area contributed by atoms with Crippen LogP contribution < -0.4 is 10.6 Å². The van der Waals surface area contributed by atoms with Crippen molar-refractivity contribution in [3.63, 3.8) is 0 Å². The van der Waals surface area contributed by atoms with Crippen molar-refractivity contribution in [1.82, 2.24) is 5.32 Å². The molecule has 6 nitrogen and oxygen atoms in total. The molecule has 28 heavy (non-hydrogen) atoms. The van der Waals surface area contributed by atoms with Crippen LogP contribution in [0.3, 0.4) is 0 Å². The molecule has 2 aromatic carbocycles. The van der Waals surface area contributed by atoms with Crippen molar-refractivity contribution in [3.05, 3.63) is 64.7 Å². The van der Waals surface area contributed by atoms with Crippen LogP contribution in [0.15, 0.2) is 48.5 Å². The van der Waals surface area contributed by atoms with Crippen LogP contribution in [0.2, 0.25) is 5.02 Å². The largest absolute Gasteiger partial charge is 0.454 e. The van der Waals surface area contributed by atoms with Gasteiger partial charge >= 0.3 is 5.97 Å². The summed E-state index contributed by atoms with van der Waals surface area (Å²) in [7, 11) is 0. The van der Waals surface area contributed by atoms with Crippen molar-refractivity contribution in [2.45, 2.75) is 26.8 Å². The van der Waals surface area contributed by atoms with Crippen LogP contribution in [0.1, 0.15) is 29.8 Å². The highest BCUT2D eigenvalue weighted by Crippen LogP contribution is 2.13.